The van der Waals surface area contributed by atoms with Crippen molar-refractivity contribution in [3.05, 3.63) is 60.2 Å². The molecular weight excluding hydrogens is 267 g/mol. The van der Waals surface area contributed by atoms with Crippen LogP contribution in [0.4, 0.5) is 0 Å². The van der Waals surface area contributed by atoms with E-state index in [2.05, 4.69) is 0 Å². The van der Waals surface area contributed by atoms with Crippen LogP contribution in [0.1, 0.15) is 5.56 Å². The molecule has 88 valence electrons. The molecule has 2 rings (SSSR count). The Bertz CT molecular complexity index is 372. The maximum atomic E-state index is 10.4. The molecule has 0 aliphatic rings. The van der Waals surface area contributed by atoms with Crippen molar-refractivity contribution in [1.82, 2.24) is 0 Å². The fourth-order valence-electron chi connectivity index (χ4n) is 1.08. The van der Waals surface area contributed by atoms with Gasteiger partial charge in [0.25, 0.3) is 0 Å². The average Bonchev–Trinajstić information content (AvgIpc) is 2.71. The van der Waals surface area contributed by atoms with Crippen LogP contribution in [0.15, 0.2) is 54.6 Å². The van der Waals surface area contributed by atoms with Gasteiger partial charge in [-0.2, -0.15) is 30.3 Å². The zero-order valence-corrected chi connectivity index (χ0v) is 10.5. The van der Waals surface area contributed by atoms with Gasteiger partial charge in [-0.1, -0.05) is 0 Å². The van der Waals surface area contributed by atoms with Gasteiger partial charge in [0.05, 0.1) is 0 Å². The second-order valence-electron chi connectivity index (χ2n) is 3.08. The molecule has 3 nitrogen and oxygen atoms in total. The molecule has 0 amide bonds. The van der Waals surface area contributed by atoms with Gasteiger partial charge in [-0.3, -0.25) is 4.57 Å². The van der Waals surface area contributed by atoms with Gasteiger partial charge in [-0.25, -0.2) is 24.3 Å². The van der Waals surface area contributed by atoms with Gasteiger partial charge >= 0.3 is 24.7 Å². The molecule has 0 fully saturated rings. The third-order valence-electron chi connectivity index (χ3n) is 1.68. The molecule has 0 spiro atoms. The van der Waals surface area contributed by atoms with Gasteiger partial charge in [0.2, 0.25) is 0 Å². The quantitative estimate of drug-likeness (QED) is 0.505. The fraction of sp³-hybridized carbons (Fsp3) is 0.0909. The second-order valence-corrected chi connectivity index (χ2v) is 4.72. The fourth-order valence-corrected chi connectivity index (χ4v) is 1.76. The Morgan fingerprint density at radius 3 is 1.88 bits per heavy atom. The van der Waals surface area contributed by atoms with Crippen molar-refractivity contribution in [3.8, 4) is 0 Å². The van der Waals surface area contributed by atoms with Crippen LogP contribution in [0.3, 0.4) is 0 Å². The Balaban J connectivity index is 0.000000318. The van der Waals surface area contributed by atoms with E-state index < -0.39 is 7.60 Å². The van der Waals surface area contributed by atoms with E-state index in [0.29, 0.717) is 5.56 Å². The third kappa shape index (κ3) is 7.63. The first-order valence-corrected chi connectivity index (χ1v) is 6.29. The van der Waals surface area contributed by atoms with Gasteiger partial charge in [0.15, 0.2) is 0 Å². The molecule has 0 aromatic heterocycles. The van der Waals surface area contributed by atoms with Crippen molar-refractivity contribution in [2.75, 3.05) is 0 Å². The van der Waals surface area contributed by atoms with Crippen LogP contribution in [0, 0.1) is 0 Å². The molecule has 2 N–H and O–H groups in total. The summed E-state index contributed by atoms with van der Waals surface area (Å²) in [6.45, 7) is 0. The first-order chi connectivity index (χ1) is 7.08. The Hall–Kier alpha value is -0.631. The van der Waals surface area contributed by atoms with E-state index in [9.17, 15) is 4.57 Å². The van der Waals surface area contributed by atoms with E-state index in [1.165, 1.54) is 0 Å². The van der Waals surface area contributed by atoms with Gasteiger partial charge < -0.3 is 9.79 Å². The summed E-state index contributed by atoms with van der Waals surface area (Å²) < 4.78 is 10.4. The predicted octanol–water partition coefficient (Wildman–Crippen LogP) is 2.49. The van der Waals surface area contributed by atoms with Crippen molar-refractivity contribution in [1.29, 1.82) is 0 Å². The topological polar surface area (TPSA) is 57.5 Å². The van der Waals surface area contributed by atoms with E-state index in [1.807, 2.05) is 30.3 Å². The molecule has 0 aliphatic carbocycles. The van der Waals surface area contributed by atoms with E-state index in [1.54, 1.807) is 24.3 Å². The molecule has 0 aliphatic heterocycles. The molecule has 2 aromatic rings. The minimum absolute atomic E-state index is 0. The van der Waals surface area contributed by atoms with Crippen molar-refractivity contribution in [2.45, 2.75) is 6.16 Å². The molecule has 16 heavy (non-hydrogen) atoms. The van der Waals surface area contributed by atoms with E-state index in [4.69, 9.17) is 9.79 Å². The van der Waals surface area contributed by atoms with Crippen molar-refractivity contribution in [2.24, 2.45) is 0 Å². The van der Waals surface area contributed by atoms with Gasteiger partial charge in [0, 0.05) is 6.16 Å². The van der Waals surface area contributed by atoms with Crippen molar-refractivity contribution < 1.29 is 31.4 Å². The standard InChI is InChI=1S/C6H8O3P.C5H5.Fe/c7-10(8,9)5-6-3-1-2-4-6;1-2-4-5-3-1;/h1-4H,5H2,(H2,7,8,9);1-5H;/q2*-1;+2. The largest absolute Gasteiger partial charge is 2.00 e. The maximum Gasteiger partial charge on any atom is 2.00 e. The summed E-state index contributed by atoms with van der Waals surface area (Å²) in [6.07, 6.45) is -0.153. The van der Waals surface area contributed by atoms with E-state index in [0.717, 1.165) is 0 Å². The van der Waals surface area contributed by atoms with Crippen LogP contribution < -0.4 is 0 Å². The smallest absolute Gasteiger partial charge is 0.325 e. The summed E-state index contributed by atoms with van der Waals surface area (Å²) in [7, 11) is -3.85. The zero-order chi connectivity index (χ0) is 11.1. The summed E-state index contributed by atoms with van der Waals surface area (Å²) in [5.74, 6) is 0. The second kappa shape index (κ2) is 7.61. The van der Waals surface area contributed by atoms with Gasteiger partial charge in [-0.15, -0.1) is 5.56 Å². The molecule has 5 heteroatoms. The number of hydrogen-bond donors (Lipinski definition) is 2. The number of rotatable bonds is 2. The summed E-state index contributed by atoms with van der Waals surface area (Å²) in [6, 6.07) is 16.9. The minimum Gasteiger partial charge on any atom is -0.325 e. The van der Waals surface area contributed by atoms with Crippen molar-refractivity contribution in [3.63, 3.8) is 0 Å². The Morgan fingerprint density at radius 1 is 1.06 bits per heavy atom. The zero-order valence-electron chi connectivity index (χ0n) is 8.51. The molecule has 0 atom stereocenters. The molecular formula is C11H13FeO3P. The molecule has 2 aromatic carbocycles. The first kappa shape index (κ1) is 15.4. The number of hydrogen-bond acceptors (Lipinski definition) is 1. The first-order valence-electron chi connectivity index (χ1n) is 4.50. The summed E-state index contributed by atoms with van der Waals surface area (Å²) in [5.41, 5.74) is 0.688. The Morgan fingerprint density at radius 2 is 1.56 bits per heavy atom. The average molecular weight is 280 g/mol. The molecule has 0 saturated heterocycles. The molecule has 0 saturated carbocycles. The van der Waals surface area contributed by atoms with Crippen LogP contribution in [0.2, 0.25) is 0 Å². The SMILES string of the molecule is O=P(O)(O)C[c-]1cccc1.[Fe+2].c1cc[cH-]c1. The molecule has 0 bridgehead atoms. The summed E-state index contributed by atoms with van der Waals surface area (Å²) in [5, 5.41) is 0. The van der Waals surface area contributed by atoms with Gasteiger partial charge in [0.1, 0.15) is 0 Å². The van der Waals surface area contributed by atoms with Crippen LogP contribution in [-0.2, 0) is 27.8 Å². The third-order valence-corrected chi connectivity index (χ3v) is 2.45. The minimum atomic E-state index is -3.85. The van der Waals surface area contributed by atoms with Crippen LogP contribution in [-0.4, -0.2) is 9.79 Å². The van der Waals surface area contributed by atoms with E-state index >= 15 is 0 Å². The van der Waals surface area contributed by atoms with Crippen molar-refractivity contribution >= 4 is 7.60 Å². The Labute approximate surface area is 105 Å². The van der Waals surface area contributed by atoms with E-state index in [-0.39, 0.29) is 23.2 Å². The molecule has 0 heterocycles. The van der Waals surface area contributed by atoms with Crippen LogP contribution >= 0.6 is 7.60 Å². The molecule has 0 radical (unpaired) electrons. The maximum absolute atomic E-state index is 10.4. The predicted molar refractivity (Wildman–Crippen MR) is 59.8 cm³/mol. The molecule has 0 unspecified atom stereocenters. The summed E-state index contributed by atoms with van der Waals surface area (Å²) in [4.78, 5) is 17.0. The Kier molecular flexibility index (Phi) is 7.31. The van der Waals surface area contributed by atoms with Gasteiger partial charge in [-0.05, 0) is 0 Å². The normalized spacial score (nSPS) is 9.88. The summed E-state index contributed by atoms with van der Waals surface area (Å²) >= 11 is 0. The monoisotopic (exact) mass is 280 g/mol. The van der Waals surface area contributed by atoms with Crippen LogP contribution in [0.25, 0.3) is 0 Å². The van der Waals surface area contributed by atoms with Crippen LogP contribution in [0.5, 0.6) is 0 Å².